The minimum absolute atomic E-state index is 0.635. The lowest BCUT2D eigenvalue weighted by molar-refractivity contribution is 0.200. The number of hydrogen-bond acceptors (Lipinski definition) is 4. The van der Waals surface area contributed by atoms with Gasteiger partial charge in [0.1, 0.15) is 16.9 Å². The Balaban J connectivity index is 2.00. The molecule has 0 bridgehead atoms. The Labute approximate surface area is 115 Å². The van der Waals surface area contributed by atoms with E-state index in [9.17, 15) is 0 Å². The minimum atomic E-state index is 0.635. The molecule has 0 fully saturated rings. The molecule has 1 radical (unpaired) electrons. The van der Waals surface area contributed by atoms with Crippen LogP contribution < -0.4 is 0 Å². The average Bonchev–Trinajstić information content (AvgIpc) is 2.89. The van der Waals surface area contributed by atoms with E-state index in [1.54, 1.807) is 18.4 Å². The Bertz CT molecular complexity index is 679. The molecule has 0 N–H and O–H groups in total. The van der Waals surface area contributed by atoms with Gasteiger partial charge in [-0.15, -0.1) is 11.3 Å². The van der Waals surface area contributed by atoms with E-state index < -0.39 is 0 Å². The van der Waals surface area contributed by atoms with Crippen molar-refractivity contribution in [1.29, 1.82) is 0 Å². The van der Waals surface area contributed by atoms with Crippen LogP contribution >= 0.6 is 11.3 Å². The molecule has 3 aromatic rings. The van der Waals surface area contributed by atoms with Crippen LogP contribution in [0.15, 0.2) is 35.7 Å². The second kappa shape index (κ2) is 5.47. The number of aromatic nitrogens is 2. The second-order valence-electron chi connectivity index (χ2n) is 4.19. The van der Waals surface area contributed by atoms with E-state index in [-0.39, 0.29) is 0 Å². The van der Waals surface area contributed by atoms with Crippen LogP contribution in [0.5, 0.6) is 0 Å². The molecule has 4 heteroatoms. The third kappa shape index (κ3) is 2.50. The summed E-state index contributed by atoms with van der Waals surface area (Å²) >= 11 is 1.63. The van der Waals surface area contributed by atoms with Gasteiger partial charge in [0.25, 0.3) is 0 Å². The lowest BCUT2D eigenvalue weighted by Crippen LogP contribution is -1.99. The SMILES string of the molecule is COCCc1n[c]c2c(-c3ccccc3)csc2n1. The van der Waals surface area contributed by atoms with Crippen molar-refractivity contribution >= 4 is 21.6 Å². The van der Waals surface area contributed by atoms with Crippen LogP contribution in [0.3, 0.4) is 0 Å². The summed E-state index contributed by atoms with van der Waals surface area (Å²) in [6.45, 7) is 0.635. The summed E-state index contributed by atoms with van der Waals surface area (Å²) in [5, 5.41) is 3.11. The summed E-state index contributed by atoms with van der Waals surface area (Å²) in [6.07, 6.45) is 3.84. The van der Waals surface area contributed by atoms with Crippen LogP contribution in [0.4, 0.5) is 0 Å². The molecule has 0 atom stereocenters. The van der Waals surface area contributed by atoms with Crippen LogP contribution in [-0.4, -0.2) is 23.7 Å². The number of rotatable bonds is 4. The zero-order valence-electron chi connectivity index (χ0n) is 10.6. The largest absolute Gasteiger partial charge is 0.384 e. The zero-order chi connectivity index (χ0) is 13.1. The first-order valence-corrected chi connectivity index (χ1v) is 6.96. The highest BCUT2D eigenvalue weighted by molar-refractivity contribution is 7.17. The molecular weight excluding hydrogens is 256 g/mol. The molecular formula is C15H13N2OS. The maximum absolute atomic E-state index is 5.04. The molecule has 3 nitrogen and oxygen atoms in total. The van der Waals surface area contributed by atoms with Crippen molar-refractivity contribution in [2.45, 2.75) is 6.42 Å². The average molecular weight is 269 g/mol. The molecule has 0 unspecified atom stereocenters. The first-order chi connectivity index (χ1) is 9.38. The number of fused-ring (bicyclic) bond motifs is 1. The maximum atomic E-state index is 5.04. The van der Waals surface area contributed by atoms with Gasteiger partial charge in [-0.25, -0.2) is 9.97 Å². The Kier molecular flexibility index (Phi) is 3.53. The number of benzene rings is 1. The van der Waals surface area contributed by atoms with E-state index in [0.717, 1.165) is 28.0 Å². The topological polar surface area (TPSA) is 35.0 Å². The first-order valence-electron chi connectivity index (χ1n) is 6.08. The van der Waals surface area contributed by atoms with Gasteiger partial charge in [0.2, 0.25) is 0 Å². The molecule has 0 spiro atoms. The van der Waals surface area contributed by atoms with Crippen LogP contribution in [0.25, 0.3) is 21.3 Å². The predicted molar refractivity (Wildman–Crippen MR) is 77.3 cm³/mol. The summed E-state index contributed by atoms with van der Waals surface area (Å²) in [6, 6.07) is 10.3. The highest BCUT2D eigenvalue weighted by Crippen LogP contribution is 2.31. The molecule has 0 aliphatic carbocycles. The molecule has 1 aromatic carbocycles. The van der Waals surface area contributed by atoms with Crippen LogP contribution in [0.1, 0.15) is 5.82 Å². The summed E-state index contributed by atoms with van der Waals surface area (Å²) in [7, 11) is 1.68. The molecule has 0 aliphatic heterocycles. The van der Waals surface area contributed by atoms with Crippen molar-refractivity contribution in [3.8, 4) is 11.1 Å². The fourth-order valence-electron chi connectivity index (χ4n) is 1.94. The summed E-state index contributed by atoms with van der Waals surface area (Å²) in [5.74, 6) is 0.788. The van der Waals surface area contributed by atoms with Crippen LogP contribution in [0.2, 0.25) is 0 Å². The zero-order valence-corrected chi connectivity index (χ0v) is 11.4. The number of methoxy groups -OCH3 is 1. The van der Waals surface area contributed by atoms with Gasteiger partial charge in [-0.05, 0) is 5.56 Å². The molecule has 95 valence electrons. The van der Waals surface area contributed by atoms with E-state index >= 15 is 0 Å². The molecule has 19 heavy (non-hydrogen) atoms. The normalized spacial score (nSPS) is 11.0. The standard InChI is InChI=1S/C15H13N2OS/c1-18-8-7-14-16-9-12-13(10-19-15(12)17-14)11-5-3-2-4-6-11/h2-6,10H,7-8H2,1H3. The van der Waals surface area contributed by atoms with Crippen molar-refractivity contribution < 1.29 is 4.74 Å². The Morgan fingerprint density at radius 1 is 1.26 bits per heavy atom. The lowest BCUT2D eigenvalue weighted by atomic mass is 10.1. The number of thiophene rings is 1. The summed E-state index contributed by atoms with van der Waals surface area (Å²) in [5.41, 5.74) is 2.33. The quantitative estimate of drug-likeness (QED) is 0.728. The van der Waals surface area contributed by atoms with Crippen molar-refractivity contribution in [2.75, 3.05) is 13.7 Å². The van der Waals surface area contributed by atoms with Gasteiger partial charge in [-0.3, -0.25) is 0 Å². The highest BCUT2D eigenvalue weighted by Gasteiger charge is 2.09. The second-order valence-corrected chi connectivity index (χ2v) is 5.05. The van der Waals surface area contributed by atoms with Crippen molar-refractivity contribution in [2.24, 2.45) is 0 Å². The van der Waals surface area contributed by atoms with Crippen LogP contribution in [-0.2, 0) is 11.2 Å². The summed E-state index contributed by atoms with van der Waals surface area (Å²) in [4.78, 5) is 9.83. The Morgan fingerprint density at radius 3 is 2.89 bits per heavy atom. The van der Waals surface area contributed by atoms with E-state index in [0.29, 0.717) is 6.61 Å². The molecule has 2 aromatic heterocycles. The van der Waals surface area contributed by atoms with E-state index in [2.05, 4.69) is 33.7 Å². The van der Waals surface area contributed by atoms with Gasteiger partial charge in [-0.1, -0.05) is 30.3 Å². The number of nitrogens with zero attached hydrogens (tertiary/aromatic N) is 2. The molecule has 0 amide bonds. The van der Waals surface area contributed by atoms with Crippen molar-refractivity contribution in [3.05, 3.63) is 47.7 Å². The van der Waals surface area contributed by atoms with Gasteiger partial charge in [0.15, 0.2) is 0 Å². The molecule has 3 rings (SSSR count). The van der Waals surface area contributed by atoms with E-state index in [4.69, 9.17) is 4.74 Å². The molecule has 2 heterocycles. The monoisotopic (exact) mass is 269 g/mol. The van der Waals surface area contributed by atoms with Crippen molar-refractivity contribution in [1.82, 2.24) is 9.97 Å². The highest BCUT2D eigenvalue weighted by atomic mass is 32.1. The number of hydrogen-bond donors (Lipinski definition) is 0. The van der Waals surface area contributed by atoms with Crippen molar-refractivity contribution in [3.63, 3.8) is 0 Å². The maximum Gasteiger partial charge on any atom is 0.133 e. The van der Waals surface area contributed by atoms with E-state index in [1.807, 2.05) is 18.2 Å². The minimum Gasteiger partial charge on any atom is -0.384 e. The van der Waals surface area contributed by atoms with Gasteiger partial charge >= 0.3 is 0 Å². The smallest absolute Gasteiger partial charge is 0.133 e. The molecule has 0 saturated carbocycles. The molecule has 0 saturated heterocycles. The number of ether oxygens (including phenoxy) is 1. The Hall–Kier alpha value is -1.78. The fraction of sp³-hybridized carbons (Fsp3) is 0.200. The first kappa shape index (κ1) is 12.3. The summed E-state index contributed by atoms with van der Waals surface area (Å²) < 4.78 is 5.04. The van der Waals surface area contributed by atoms with E-state index in [1.165, 1.54) is 5.56 Å². The van der Waals surface area contributed by atoms with Gasteiger partial charge in [0, 0.05) is 29.9 Å². The van der Waals surface area contributed by atoms with Crippen LogP contribution in [0, 0.1) is 6.20 Å². The lowest BCUT2D eigenvalue weighted by Gasteiger charge is -2.00. The molecule has 0 aliphatic rings. The third-order valence-electron chi connectivity index (χ3n) is 2.91. The third-order valence-corrected chi connectivity index (χ3v) is 3.79. The Morgan fingerprint density at radius 2 is 2.11 bits per heavy atom. The fourth-order valence-corrected chi connectivity index (χ4v) is 2.85. The van der Waals surface area contributed by atoms with Gasteiger partial charge in [0.05, 0.1) is 6.61 Å². The van der Waals surface area contributed by atoms with Gasteiger partial charge < -0.3 is 4.74 Å². The van der Waals surface area contributed by atoms with Gasteiger partial charge in [-0.2, -0.15) is 0 Å². The predicted octanol–water partition coefficient (Wildman–Crippen LogP) is 3.35.